The van der Waals surface area contributed by atoms with Crippen LogP contribution in [0.5, 0.6) is 0 Å². The first-order chi connectivity index (χ1) is 10.9. The second-order valence-electron chi connectivity index (χ2n) is 9.02. The molecule has 1 N–H and O–H groups in total. The molecule has 0 amide bonds. The quantitative estimate of drug-likeness (QED) is 0.727. The van der Waals surface area contributed by atoms with E-state index in [1.54, 1.807) is 6.92 Å². The highest BCUT2D eigenvalue weighted by Crippen LogP contribution is 2.64. The topological polar surface area (TPSA) is 37.3 Å². The molecule has 0 heterocycles. The largest absolute Gasteiger partial charge is 0.393 e. The Morgan fingerprint density at radius 2 is 1.83 bits per heavy atom. The number of allylic oxidation sites excluding steroid dienone is 3. The van der Waals surface area contributed by atoms with Crippen molar-refractivity contribution in [2.24, 2.45) is 28.6 Å². The molecule has 0 spiro atoms. The van der Waals surface area contributed by atoms with Gasteiger partial charge < -0.3 is 5.11 Å². The van der Waals surface area contributed by atoms with Crippen molar-refractivity contribution in [1.82, 2.24) is 0 Å². The number of aliphatic hydroxyl groups excluding tert-OH is 1. The Kier molecular flexibility index (Phi) is 3.43. The Labute approximate surface area is 140 Å². The second-order valence-corrected chi connectivity index (χ2v) is 9.02. The highest BCUT2D eigenvalue weighted by molar-refractivity contribution is 5.95. The highest BCUT2D eigenvalue weighted by atomic mass is 16.3. The number of fused-ring (bicyclic) bond motifs is 5. The average Bonchev–Trinajstić information content (AvgIpc) is 2.85. The van der Waals surface area contributed by atoms with Crippen LogP contribution in [0.25, 0.3) is 0 Å². The van der Waals surface area contributed by atoms with Crippen LogP contribution in [0, 0.1) is 28.6 Å². The first-order valence-corrected chi connectivity index (χ1v) is 9.45. The minimum absolute atomic E-state index is 0.114. The molecule has 0 unspecified atom stereocenters. The molecule has 4 rings (SSSR count). The van der Waals surface area contributed by atoms with Crippen molar-refractivity contribution in [2.75, 3.05) is 0 Å². The van der Waals surface area contributed by atoms with Gasteiger partial charge in [-0.3, -0.25) is 4.79 Å². The predicted octanol–water partition coefficient (Wildman–Crippen LogP) is 4.44. The van der Waals surface area contributed by atoms with Crippen molar-refractivity contribution in [2.45, 2.75) is 71.8 Å². The fourth-order valence-electron chi connectivity index (χ4n) is 6.75. The van der Waals surface area contributed by atoms with Gasteiger partial charge in [-0.25, -0.2) is 0 Å². The smallest absolute Gasteiger partial charge is 0.156 e. The van der Waals surface area contributed by atoms with Gasteiger partial charge in [-0.15, -0.1) is 0 Å². The Hall–Kier alpha value is -0.890. The molecule has 2 saturated carbocycles. The van der Waals surface area contributed by atoms with Gasteiger partial charge in [0.15, 0.2) is 5.78 Å². The summed E-state index contributed by atoms with van der Waals surface area (Å²) >= 11 is 0. The van der Waals surface area contributed by atoms with Crippen LogP contribution in [-0.4, -0.2) is 17.0 Å². The van der Waals surface area contributed by atoms with Crippen LogP contribution in [0.4, 0.5) is 0 Å². The minimum atomic E-state index is -0.128. The number of hydrogen-bond donors (Lipinski definition) is 1. The van der Waals surface area contributed by atoms with Gasteiger partial charge in [0.1, 0.15) is 0 Å². The summed E-state index contributed by atoms with van der Waals surface area (Å²) in [5.74, 6) is 2.38. The van der Waals surface area contributed by atoms with Crippen LogP contribution in [0.1, 0.15) is 65.7 Å². The van der Waals surface area contributed by atoms with Crippen LogP contribution < -0.4 is 0 Å². The lowest BCUT2D eigenvalue weighted by molar-refractivity contribution is -0.115. The number of aliphatic hydroxyl groups is 1. The Morgan fingerprint density at radius 1 is 1.09 bits per heavy atom. The first-order valence-electron chi connectivity index (χ1n) is 9.45. The summed E-state index contributed by atoms with van der Waals surface area (Å²) in [6.45, 7) is 6.55. The van der Waals surface area contributed by atoms with Gasteiger partial charge in [0.25, 0.3) is 0 Å². The van der Waals surface area contributed by atoms with E-state index in [-0.39, 0.29) is 17.3 Å². The standard InChI is InChI=1S/C21H30O2/c1-13(22)17-6-7-18-16-5-4-14-12-15(23)8-10-20(14,2)19(16)9-11-21(17,18)3/h4,6,15-16,18-19,23H,5,7-12H2,1-3H3/t15-,16+,18-,19+,20-,21+/m0/s1. The van der Waals surface area contributed by atoms with E-state index in [1.165, 1.54) is 12.0 Å². The Bertz CT molecular complexity index is 601. The summed E-state index contributed by atoms with van der Waals surface area (Å²) in [5.41, 5.74) is 3.05. The zero-order valence-corrected chi connectivity index (χ0v) is 14.8. The lowest BCUT2D eigenvalue weighted by Crippen LogP contribution is -2.50. The maximum Gasteiger partial charge on any atom is 0.156 e. The molecule has 0 radical (unpaired) electrons. The fraction of sp³-hybridized carbons (Fsp3) is 0.762. The Morgan fingerprint density at radius 3 is 2.57 bits per heavy atom. The average molecular weight is 314 g/mol. The maximum atomic E-state index is 12.1. The summed E-state index contributed by atoms with van der Waals surface area (Å²) in [6, 6.07) is 0. The molecule has 0 saturated heterocycles. The molecule has 4 aliphatic rings. The lowest BCUT2D eigenvalue weighted by atomic mass is 9.47. The van der Waals surface area contributed by atoms with E-state index in [1.807, 2.05) is 0 Å². The number of Topliss-reactive ketones (excluding diaryl/α,β-unsaturated/α-hetero) is 1. The van der Waals surface area contributed by atoms with Gasteiger partial charge in [-0.05, 0) is 86.0 Å². The van der Waals surface area contributed by atoms with Crippen molar-refractivity contribution in [3.63, 3.8) is 0 Å². The third-order valence-corrected chi connectivity index (χ3v) is 8.04. The van der Waals surface area contributed by atoms with E-state index in [2.05, 4.69) is 26.0 Å². The van der Waals surface area contributed by atoms with Crippen LogP contribution in [0.3, 0.4) is 0 Å². The molecule has 0 aromatic rings. The Balaban J connectivity index is 1.67. The molecule has 2 heteroatoms. The monoisotopic (exact) mass is 314 g/mol. The van der Waals surface area contributed by atoms with Gasteiger partial charge in [-0.1, -0.05) is 31.6 Å². The molecule has 2 fully saturated rings. The summed E-state index contributed by atoms with van der Waals surface area (Å²) in [4.78, 5) is 12.1. The molecule has 6 atom stereocenters. The number of ketones is 1. The van der Waals surface area contributed by atoms with Crippen LogP contribution in [0.15, 0.2) is 23.3 Å². The minimum Gasteiger partial charge on any atom is -0.393 e. The zero-order valence-electron chi connectivity index (χ0n) is 14.8. The van der Waals surface area contributed by atoms with Gasteiger partial charge in [0, 0.05) is 0 Å². The van der Waals surface area contributed by atoms with Crippen molar-refractivity contribution in [1.29, 1.82) is 0 Å². The molecule has 0 aromatic heterocycles. The van der Waals surface area contributed by atoms with Crippen LogP contribution in [-0.2, 0) is 4.79 Å². The lowest BCUT2D eigenvalue weighted by Gasteiger charge is -2.57. The molecule has 2 nitrogen and oxygen atoms in total. The van der Waals surface area contributed by atoms with E-state index >= 15 is 0 Å². The van der Waals surface area contributed by atoms with E-state index in [0.717, 1.165) is 50.0 Å². The SMILES string of the molecule is CC(=O)C1=CC[C@H]2[C@H]3CC=C4C[C@@H](O)CC[C@]4(C)[C@@H]3CC[C@]12C. The van der Waals surface area contributed by atoms with E-state index in [4.69, 9.17) is 0 Å². The number of hydrogen-bond acceptors (Lipinski definition) is 2. The molecule has 23 heavy (non-hydrogen) atoms. The molecule has 0 aliphatic heterocycles. The normalized spacial score (nSPS) is 48.7. The van der Waals surface area contributed by atoms with E-state index < -0.39 is 0 Å². The second kappa shape index (κ2) is 5.05. The third-order valence-electron chi connectivity index (χ3n) is 8.04. The van der Waals surface area contributed by atoms with Crippen LogP contribution >= 0.6 is 0 Å². The summed E-state index contributed by atoms with van der Waals surface area (Å²) in [7, 11) is 0. The molecule has 0 aromatic carbocycles. The molecule has 4 aliphatic carbocycles. The van der Waals surface area contributed by atoms with Crippen molar-refractivity contribution < 1.29 is 9.90 Å². The fourth-order valence-corrected chi connectivity index (χ4v) is 6.75. The molecular formula is C21H30O2. The molecular weight excluding hydrogens is 284 g/mol. The number of carbonyl (C=O) groups excluding carboxylic acids is 1. The summed E-state index contributed by atoms with van der Waals surface area (Å²) in [5, 5.41) is 10.1. The van der Waals surface area contributed by atoms with Gasteiger partial charge in [0.05, 0.1) is 6.10 Å². The van der Waals surface area contributed by atoms with Crippen molar-refractivity contribution in [3.05, 3.63) is 23.3 Å². The van der Waals surface area contributed by atoms with E-state index in [9.17, 15) is 9.90 Å². The molecule has 0 bridgehead atoms. The highest BCUT2D eigenvalue weighted by Gasteiger charge is 2.57. The molecule has 126 valence electrons. The third kappa shape index (κ3) is 2.06. The summed E-state index contributed by atoms with van der Waals surface area (Å²) in [6.07, 6.45) is 12.2. The maximum absolute atomic E-state index is 12.1. The van der Waals surface area contributed by atoms with Crippen molar-refractivity contribution >= 4 is 5.78 Å². The van der Waals surface area contributed by atoms with Gasteiger partial charge in [0.2, 0.25) is 0 Å². The number of carbonyl (C=O) groups is 1. The predicted molar refractivity (Wildman–Crippen MR) is 91.9 cm³/mol. The van der Waals surface area contributed by atoms with E-state index in [0.29, 0.717) is 17.3 Å². The first kappa shape index (κ1) is 15.6. The van der Waals surface area contributed by atoms with Gasteiger partial charge >= 0.3 is 0 Å². The van der Waals surface area contributed by atoms with Gasteiger partial charge in [-0.2, -0.15) is 0 Å². The summed E-state index contributed by atoms with van der Waals surface area (Å²) < 4.78 is 0. The van der Waals surface area contributed by atoms with Crippen molar-refractivity contribution in [3.8, 4) is 0 Å². The van der Waals surface area contributed by atoms with Crippen LogP contribution in [0.2, 0.25) is 0 Å². The number of rotatable bonds is 1. The zero-order chi connectivity index (χ0) is 16.4.